The van der Waals surface area contributed by atoms with Crippen LogP contribution in [0.15, 0.2) is 30.3 Å². The zero-order chi connectivity index (χ0) is 14.3. The highest BCUT2D eigenvalue weighted by Crippen LogP contribution is 2.30. The Morgan fingerprint density at radius 3 is 2.70 bits per heavy atom. The van der Waals surface area contributed by atoms with E-state index < -0.39 is 0 Å². The summed E-state index contributed by atoms with van der Waals surface area (Å²) in [7, 11) is 0. The third-order valence-corrected chi connectivity index (χ3v) is 4.44. The van der Waals surface area contributed by atoms with E-state index >= 15 is 0 Å². The van der Waals surface area contributed by atoms with E-state index in [-0.39, 0.29) is 5.60 Å². The van der Waals surface area contributed by atoms with Crippen molar-refractivity contribution in [2.24, 2.45) is 0 Å². The summed E-state index contributed by atoms with van der Waals surface area (Å²) >= 11 is 0. The molecule has 1 aromatic rings. The SMILES string of the molecule is CCCNC(CCc1ccccc1)C1(C)CCCCO1. The molecule has 1 aliphatic rings. The second-order valence-corrected chi connectivity index (χ2v) is 6.15. The first kappa shape index (κ1) is 15.5. The van der Waals surface area contributed by atoms with Gasteiger partial charge in [0.05, 0.1) is 5.60 Å². The van der Waals surface area contributed by atoms with Crippen molar-refractivity contribution in [3.8, 4) is 0 Å². The number of rotatable bonds is 7. The monoisotopic (exact) mass is 275 g/mol. The Labute approximate surface area is 123 Å². The molecular weight excluding hydrogens is 246 g/mol. The second-order valence-electron chi connectivity index (χ2n) is 6.15. The largest absolute Gasteiger partial charge is 0.374 e. The van der Waals surface area contributed by atoms with Gasteiger partial charge in [0, 0.05) is 12.6 Å². The summed E-state index contributed by atoms with van der Waals surface area (Å²) in [4.78, 5) is 0. The van der Waals surface area contributed by atoms with Crippen LogP contribution in [0.4, 0.5) is 0 Å². The molecule has 2 nitrogen and oxygen atoms in total. The topological polar surface area (TPSA) is 21.3 Å². The molecule has 1 saturated heterocycles. The minimum Gasteiger partial charge on any atom is -0.374 e. The Hall–Kier alpha value is -0.860. The van der Waals surface area contributed by atoms with Crippen molar-refractivity contribution in [3.05, 3.63) is 35.9 Å². The van der Waals surface area contributed by atoms with Crippen LogP contribution >= 0.6 is 0 Å². The number of hydrogen-bond acceptors (Lipinski definition) is 2. The third kappa shape index (κ3) is 4.32. The maximum absolute atomic E-state index is 6.15. The van der Waals surface area contributed by atoms with E-state index in [0.717, 1.165) is 26.0 Å². The fourth-order valence-corrected chi connectivity index (χ4v) is 3.13. The molecular formula is C18H29NO. The van der Waals surface area contributed by atoms with Gasteiger partial charge in [-0.05, 0) is 57.6 Å². The van der Waals surface area contributed by atoms with Gasteiger partial charge in [0.15, 0.2) is 0 Å². The summed E-state index contributed by atoms with van der Waals surface area (Å²) in [6.45, 7) is 6.53. The normalized spacial score (nSPS) is 24.5. The highest BCUT2D eigenvalue weighted by molar-refractivity contribution is 5.15. The van der Waals surface area contributed by atoms with Gasteiger partial charge in [-0.1, -0.05) is 37.3 Å². The number of aryl methyl sites for hydroxylation is 1. The highest BCUT2D eigenvalue weighted by atomic mass is 16.5. The molecule has 1 fully saturated rings. The number of nitrogens with one attached hydrogen (secondary N) is 1. The lowest BCUT2D eigenvalue weighted by atomic mass is 9.85. The molecule has 1 N–H and O–H groups in total. The van der Waals surface area contributed by atoms with Crippen LogP contribution in [-0.2, 0) is 11.2 Å². The second kappa shape index (κ2) is 7.80. The van der Waals surface area contributed by atoms with Crippen LogP contribution in [0.25, 0.3) is 0 Å². The van der Waals surface area contributed by atoms with Crippen LogP contribution in [0.5, 0.6) is 0 Å². The number of benzene rings is 1. The molecule has 0 amide bonds. The first-order valence-electron chi connectivity index (χ1n) is 8.16. The molecule has 0 bridgehead atoms. The minimum atomic E-state index is 0.0161. The van der Waals surface area contributed by atoms with Gasteiger partial charge in [-0.3, -0.25) is 0 Å². The fraction of sp³-hybridized carbons (Fsp3) is 0.667. The molecule has 0 radical (unpaired) electrons. The first-order valence-corrected chi connectivity index (χ1v) is 8.16. The maximum atomic E-state index is 6.15. The quantitative estimate of drug-likeness (QED) is 0.813. The molecule has 1 aliphatic heterocycles. The zero-order valence-corrected chi connectivity index (χ0v) is 13.0. The predicted molar refractivity (Wildman–Crippen MR) is 85.1 cm³/mol. The lowest BCUT2D eigenvalue weighted by Crippen LogP contribution is -2.52. The lowest BCUT2D eigenvalue weighted by Gasteiger charge is -2.41. The zero-order valence-electron chi connectivity index (χ0n) is 13.0. The summed E-state index contributed by atoms with van der Waals surface area (Å²) < 4.78 is 6.15. The van der Waals surface area contributed by atoms with E-state index in [9.17, 15) is 0 Å². The van der Waals surface area contributed by atoms with Crippen LogP contribution in [0.1, 0.15) is 51.5 Å². The predicted octanol–water partition coefficient (Wildman–Crippen LogP) is 3.95. The summed E-state index contributed by atoms with van der Waals surface area (Å²) in [6.07, 6.45) is 7.16. The van der Waals surface area contributed by atoms with Crippen LogP contribution in [0.2, 0.25) is 0 Å². The maximum Gasteiger partial charge on any atom is 0.0806 e. The van der Waals surface area contributed by atoms with Crippen molar-refractivity contribution in [2.45, 2.75) is 64.0 Å². The van der Waals surface area contributed by atoms with Gasteiger partial charge < -0.3 is 10.1 Å². The Morgan fingerprint density at radius 2 is 2.05 bits per heavy atom. The summed E-state index contributed by atoms with van der Waals surface area (Å²) in [6, 6.07) is 11.2. The Kier molecular flexibility index (Phi) is 6.06. The van der Waals surface area contributed by atoms with Crippen molar-refractivity contribution in [1.29, 1.82) is 0 Å². The van der Waals surface area contributed by atoms with Gasteiger partial charge in [0.2, 0.25) is 0 Å². The van der Waals surface area contributed by atoms with Crippen molar-refractivity contribution in [3.63, 3.8) is 0 Å². The summed E-state index contributed by atoms with van der Waals surface area (Å²) in [5.41, 5.74) is 1.44. The van der Waals surface area contributed by atoms with Crippen molar-refractivity contribution >= 4 is 0 Å². The third-order valence-electron chi connectivity index (χ3n) is 4.44. The minimum absolute atomic E-state index is 0.0161. The van der Waals surface area contributed by atoms with Gasteiger partial charge in [-0.2, -0.15) is 0 Å². The molecule has 1 aromatic carbocycles. The van der Waals surface area contributed by atoms with E-state index in [1.165, 1.54) is 31.2 Å². The molecule has 1 heterocycles. The van der Waals surface area contributed by atoms with E-state index in [1.807, 2.05) is 0 Å². The summed E-state index contributed by atoms with van der Waals surface area (Å²) in [5.74, 6) is 0. The summed E-state index contributed by atoms with van der Waals surface area (Å²) in [5, 5.41) is 3.72. The molecule has 0 saturated carbocycles. The molecule has 0 aliphatic carbocycles. The van der Waals surface area contributed by atoms with Gasteiger partial charge >= 0.3 is 0 Å². The molecule has 0 aromatic heterocycles. The van der Waals surface area contributed by atoms with E-state index in [1.54, 1.807) is 0 Å². The van der Waals surface area contributed by atoms with Crippen molar-refractivity contribution < 1.29 is 4.74 Å². The highest BCUT2D eigenvalue weighted by Gasteiger charge is 2.35. The molecule has 2 heteroatoms. The molecule has 2 atom stereocenters. The standard InChI is InChI=1S/C18H29NO/c1-3-14-19-17(18(2)13-7-8-15-20-18)12-11-16-9-5-4-6-10-16/h4-6,9-10,17,19H,3,7-8,11-15H2,1-2H3. The molecule has 0 spiro atoms. The van der Waals surface area contributed by atoms with E-state index in [2.05, 4.69) is 49.5 Å². The molecule has 2 rings (SSSR count). The number of hydrogen-bond donors (Lipinski definition) is 1. The van der Waals surface area contributed by atoms with Crippen molar-refractivity contribution in [2.75, 3.05) is 13.2 Å². The van der Waals surface area contributed by atoms with Crippen molar-refractivity contribution in [1.82, 2.24) is 5.32 Å². The van der Waals surface area contributed by atoms with Gasteiger partial charge in [-0.15, -0.1) is 0 Å². The number of ether oxygens (including phenoxy) is 1. The molecule has 2 unspecified atom stereocenters. The Morgan fingerprint density at radius 1 is 1.25 bits per heavy atom. The Balaban J connectivity index is 1.95. The van der Waals surface area contributed by atoms with Gasteiger partial charge in [-0.25, -0.2) is 0 Å². The van der Waals surface area contributed by atoms with Crippen LogP contribution in [-0.4, -0.2) is 24.8 Å². The van der Waals surface area contributed by atoms with Gasteiger partial charge in [0.1, 0.15) is 0 Å². The van der Waals surface area contributed by atoms with Crippen LogP contribution in [0.3, 0.4) is 0 Å². The van der Waals surface area contributed by atoms with Gasteiger partial charge in [0.25, 0.3) is 0 Å². The first-order chi connectivity index (χ1) is 9.74. The smallest absolute Gasteiger partial charge is 0.0806 e. The van der Waals surface area contributed by atoms with E-state index in [4.69, 9.17) is 4.74 Å². The van der Waals surface area contributed by atoms with Crippen LogP contribution in [0, 0.1) is 0 Å². The fourth-order valence-electron chi connectivity index (χ4n) is 3.13. The lowest BCUT2D eigenvalue weighted by molar-refractivity contribution is -0.0899. The average Bonchev–Trinajstić information content (AvgIpc) is 2.49. The Bertz CT molecular complexity index is 370. The molecule has 112 valence electrons. The molecule has 20 heavy (non-hydrogen) atoms. The van der Waals surface area contributed by atoms with Crippen LogP contribution < -0.4 is 5.32 Å². The van der Waals surface area contributed by atoms with E-state index in [0.29, 0.717) is 6.04 Å². The average molecular weight is 275 g/mol.